The number of halogens is 1. The number of aromatic nitrogens is 3. The molecule has 5 heterocycles. The highest BCUT2D eigenvalue weighted by Gasteiger charge is 2.25. The minimum absolute atomic E-state index is 0.0429. The zero-order chi connectivity index (χ0) is 29.4. The number of hydrogen-bond acceptors (Lipinski definition) is 8. The van der Waals surface area contributed by atoms with Crippen LogP contribution < -0.4 is 10.2 Å². The number of carbonyl (C=O) groups excluding carboxylic acids is 1. The van der Waals surface area contributed by atoms with E-state index in [-0.39, 0.29) is 46.9 Å². The van der Waals surface area contributed by atoms with E-state index in [0.29, 0.717) is 11.2 Å². The molecule has 1 N–H and O–H groups in total. The number of allylic oxidation sites excluding steroid dienone is 1. The van der Waals surface area contributed by atoms with Gasteiger partial charge in [0.05, 0.1) is 52.0 Å². The van der Waals surface area contributed by atoms with E-state index in [1.165, 1.54) is 24.3 Å². The fourth-order valence-electron chi connectivity index (χ4n) is 5.32. The average molecular weight is 588 g/mol. The zero-order valence-corrected chi connectivity index (χ0v) is 24.1. The fraction of sp³-hybridized carbons (Fsp3) is 0.290. The van der Waals surface area contributed by atoms with Crippen LogP contribution in [0.25, 0.3) is 28.4 Å². The third-order valence-electron chi connectivity index (χ3n) is 7.33. The molecule has 3 aromatic heterocycles. The summed E-state index contributed by atoms with van der Waals surface area (Å²) >= 11 is 0. The molecule has 6 rings (SSSR count). The first-order chi connectivity index (χ1) is 20.1. The summed E-state index contributed by atoms with van der Waals surface area (Å²) in [5.41, 5.74) is 3.18. The van der Waals surface area contributed by atoms with Gasteiger partial charge in [-0.15, -0.1) is 0 Å². The maximum atomic E-state index is 13.9. The van der Waals surface area contributed by atoms with Gasteiger partial charge in [0.1, 0.15) is 11.6 Å². The summed E-state index contributed by atoms with van der Waals surface area (Å²) in [5.74, 6) is -0.424. The number of pyridine rings is 3. The summed E-state index contributed by atoms with van der Waals surface area (Å²) < 4.78 is 45.0. The van der Waals surface area contributed by atoms with Crippen molar-refractivity contribution in [1.29, 1.82) is 0 Å². The molecule has 216 valence electrons. The molecule has 1 aromatic carbocycles. The van der Waals surface area contributed by atoms with E-state index in [2.05, 4.69) is 29.0 Å². The molecule has 2 aliphatic heterocycles. The molecule has 2 aliphatic rings. The lowest BCUT2D eigenvalue weighted by molar-refractivity contribution is -0.00545. The number of hydrogen-bond donors (Lipinski definition) is 1. The topological polar surface area (TPSA) is 114 Å². The van der Waals surface area contributed by atoms with E-state index in [1.807, 2.05) is 36.4 Å². The normalized spacial score (nSPS) is 20.0. The Morgan fingerprint density at radius 3 is 2.64 bits per heavy atom. The molecule has 9 nitrogen and oxygen atoms in total. The molecule has 1 fully saturated rings. The van der Waals surface area contributed by atoms with Crippen LogP contribution in [0.3, 0.4) is 0 Å². The molecular weight excluding hydrogens is 557 g/mol. The highest BCUT2D eigenvalue weighted by atomic mass is 32.2. The summed E-state index contributed by atoms with van der Waals surface area (Å²) in [5, 5.41) is 3.64. The number of fused-ring (bicyclic) bond motifs is 2. The van der Waals surface area contributed by atoms with Crippen molar-refractivity contribution >= 4 is 38.5 Å². The van der Waals surface area contributed by atoms with E-state index in [1.54, 1.807) is 6.20 Å². The summed E-state index contributed by atoms with van der Waals surface area (Å²) in [7, 11) is -3.71. The van der Waals surface area contributed by atoms with Crippen molar-refractivity contribution < 1.29 is 22.3 Å². The lowest BCUT2D eigenvalue weighted by atomic mass is 10.1. The molecule has 4 aromatic rings. The SMILES string of the molecule is C[C@@H]1CN(c2cccc(-c3ccc4cnc(CNC(=O)c5ccc6c(c5)S(=O)(=O)CCC(F)=C6)cc4n3)n2)C[C@H](C)O1. The van der Waals surface area contributed by atoms with Crippen LogP contribution in [0.4, 0.5) is 10.2 Å². The van der Waals surface area contributed by atoms with Crippen LogP contribution in [-0.4, -0.2) is 60.3 Å². The van der Waals surface area contributed by atoms with Crippen molar-refractivity contribution in [2.75, 3.05) is 23.7 Å². The Hall–Kier alpha value is -4.22. The Bertz CT molecular complexity index is 1820. The Morgan fingerprint density at radius 1 is 1.05 bits per heavy atom. The fourth-order valence-corrected chi connectivity index (χ4v) is 6.80. The quantitative estimate of drug-likeness (QED) is 0.357. The van der Waals surface area contributed by atoms with Crippen molar-refractivity contribution in [2.45, 2.75) is 43.9 Å². The van der Waals surface area contributed by atoms with Gasteiger partial charge < -0.3 is 15.0 Å². The Balaban J connectivity index is 1.20. The molecule has 0 aliphatic carbocycles. The lowest BCUT2D eigenvalue weighted by Gasteiger charge is -2.36. The molecule has 0 bridgehead atoms. The summed E-state index contributed by atoms with van der Waals surface area (Å²) in [6.07, 6.45) is 2.96. The van der Waals surface area contributed by atoms with Crippen molar-refractivity contribution in [2.24, 2.45) is 0 Å². The van der Waals surface area contributed by atoms with Gasteiger partial charge in [-0.1, -0.05) is 12.1 Å². The molecule has 2 atom stereocenters. The number of rotatable bonds is 5. The first-order valence-electron chi connectivity index (χ1n) is 13.8. The Morgan fingerprint density at radius 2 is 1.83 bits per heavy atom. The number of ether oxygens (including phenoxy) is 1. The van der Waals surface area contributed by atoms with Gasteiger partial charge >= 0.3 is 0 Å². The molecule has 0 radical (unpaired) electrons. The smallest absolute Gasteiger partial charge is 0.251 e. The summed E-state index contributed by atoms with van der Waals surface area (Å²) in [6, 6.07) is 15.8. The Kier molecular flexibility index (Phi) is 7.46. The average Bonchev–Trinajstić information content (AvgIpc) is 3.09. The molecule has 1 saturated heterocycles. The number of nitrogens with zero attached hydrogens (tertiary/aromatic N) is 4. The molecule has 0 unspecified atom stereocenters. The monoisotopic (exact) mass is 587 g/mol. The number of carbonyl (C=O) groups is 1. The third kappa shape index (κ3) is 5.88. The first kappa shape index (κ1) is 27.9. The third-order valence-corrected chi connectivity index (χ3v) is 9.10. The number of benzene rings is 1. The number of amides is 1. The van der Waals surface area contributed by atoms with E-state index in [4.69, 9.17) is 14.7 Å². The van der Waals surface area contributed by atoms with Crippen LogP contribution in [0, 0.1) is 0 Å². The summed E-state index contributed by atoms with van der Waals surface area (Å²) in [6.45, 7) is 5.76. The van der Waals surface area contributed by atoms with E-state index >= 15 is 0 Å². The molecule has 11 heteroatoms. The van der Waals surface area contributed by atoms with Crippen molar-refractivity contribution in [3.05, 3.63) is 83.4 Å². The van der Waals surface area contributed by atoms with Crippen LogP contribution >= 0.6 is 0 Å². The standard InChI is InChI=1S/C31H30FN5O4S/c1-19-17-37(18-20(2)41-19)30-5-3-4-26(36-30)27-9-8-23-15-33-25(14-28(23)35-27)16-34-31(38)22-7-6-21-12-24(32)10-11-42(39,40)29(21)13-22/h3-9,12-15,19-20H,10-11,16-18H2,1-2H3,(H,34,38)/t19-,20+. The van der Waals surface area contributed by atoms with Crippen molar-refractivity contribution in [3.63, 3.8) is 0 Å². The van der Waals surface area contributed by atoms with Crippen LogP contribution in [-0.2, 0) is 21.1 Å². The van der Waals surface area contributed by atoms with Crippen LogP contribution in [0.15, 0.2) is 71.5 Å². The summed E-state index contributed by atoms with van der Waals surface area (Å²) in [4.78, 5) is 29.2. The number of anilines is 1. The second-order valence-electron chi connectivity index (χ2n) is 10.7. The number of morpholine rings is 1. The largest absolute Gasteiger partial charge is 0.372 e. The van der Waals surface area contributed by atoms with Crippen LogP contribution in [0.2, 0.25) is 0 Å². The molecule has 0 spiro atoms. The number of nitrogens with one attached hydrogen (secondary N) is 1. The zero-order valence-electron chi connectivity index (χ0n) is 23.2. The van der Waals surface area contributed by atoms with Crippen LogP contribution in [0.1, 0.15) is 41.9 Å². The predicted molar refractivity (Wildman–Crippen MR) is 158 cm³/mol. The number of sulfone groups is 1. The molecule has 42 heavy (non-hydrogen) atoms. The van der Waals surface area contributed by atoms with E-state index < -0.39 is 21.6 Å². The van der Waals surface area contributed by atoms with Crippen molar-refractivity contribution in [3.8, 4) is 11.4 Å². The van der Waals surface area contributed by atoms with Gasteiger partial charge in [-0.3, -0.25) is 9.78 Å². The first-order valence-corrected chi connectivity index (χ1v) is 15.4. The molecular formula is C31H30FN5O4S. The maximum absolute atomic E-state index is 13.9. The molecule has 0 saturated carbocycles. The lowest BCUT2D eigenvalue weighted by Crippen LogP contribution is -2.45. The van der Waals surface area contributed by atoms with Gasteiger partial charge in [-0.25, -0.2) is 22.8 Å². The van der Waals surface area contributed by atoms with Gasteiger partial charge in [0, 0.05) is 36.7 Å². The minimum Gasteiger partial charge on any atom is -0.372 e. The Labute approximate surface area is 243 Å². The maximum Gasteiger partial charge on any atom is 0.251 e. The van der Waals surface area contributed by atoms with Gasteiger partial charge in [0.15, 0.2) is 9.84 Å². The predicted octanol–water partition coefficient (Wildman–Crippen LogP) is 4.72. The highest BCUT2D eigenvalue weighted by Crippen LogP contribution is 2.28. The second kappa shape index (κ2) is 11.2. The van der Waals surface area contributed by atoms with Crippen molar-refractivity contribution in [1.82, 2.24) is 20.3 Å². The van der Waals surface area contributed by atoms with E-state index in [9.17, 15) is 17.6 Å². The molecule has 1 amide bonds. The highest BCUT2D eigenvalue weighted by molar-refractivity contribution is 7.91. The van der Waals surface area contributed by atoms with Gasteiger partial charge in [-0.05, 0) is 68.0 Å². The second-order valence-corrected chi connectivity index (χ2v) is 12.8. The van der Waals surface area contributed by atoms with Crippen LogP contribution in [0.5, 0.6) is 0 Å². The van der Waals surface area contributed by atoms with Gasteiger partial charge in [-0.2, -0.15) is 0 Å². The van der Waals surface area contributed by atoms with E-state index in [0.717, 1.165) is 35.7 Å². The minimum atomic E-state index is -3.71. The van der Waals surface area contributed by atoms with Gasteiger partial charge in [0.25, 0.3) is 5.91 Å². The van der Waals surface area contributed by atoms with Gasteiger partial charge in [0.2, 0.25) is 0 Å².